The topological polar surface area (TPSA) is 56.7 Å². The van der Waals surface area contributed by atoms with Crippen LogP contribution in [0.2, 0.25) is 0 Å². The Kier molecular flexibility index (Phi) is 7.16. The molecule has 5 heteroatoms. The molecule has 4 aromatic heterocycles. The molecule has 0 saturated heterocycles. The van der Waals surface area contributed by atoms with Crippen LogP contribution in [0.15, 0.2) is 199 Å². The molecule has 270 valence electrons. The third-order valence-corrected chi connectivity index (χ3v) is 11.4. The number of fused-ring (bicyclic) bond motifs is 10. The van der Waals surface area contributed by atoms with Crippen molar-refractivity contribution < 1.29 is 4.42 Å². The molecule has 0 aliphatic rings. The number of furan rings is 1. The van der Waals surface area contributed by atoms with Crippen LogP contribution in [-0.4, -0.2) is 19.5 Å². The van der Waals surface area contributed by atoms with Crippen LogP contribution >= 0.6 is 0 Å². The van der Waals surface area contributed by atoms with Crippen molar-refractivity contribution in [3.8, 4) is 50.8 Å². The number of aromatic nitrogens is 4. The van der Waals surface area contributed by atoms with Gasteiger partial charge in [-0.25, -0.2) is 15.0 Å². The normalized spacial score (nSPS) is 11.8. The number of para-hydroxylation sites is 4. The van der Waals surface area contributed by atoms with Gasteiger partial charge in [0.2, 0.25) is 0 Å². The van der Waals surface area contributed by atoms with Crippen molar-refractivity contribution in [1.82, 2.24) is 19.5 Å². The molecule has 8 aromatic carbocycles. The summed E-state index contributed by atoms with van der Waals surface area (Å²) in [4.78, 5) is 15.5. The van der Waals surface area contributed by atoms with Crippen molar-refractivity contribution in [2.75, 3.05) is 0 Å². The standard InChI is InChI=1S/C53H32N4O/c1-3-14-35(15-4-1)51-41-30-31-47-50(49(41)40-20-7-10-23-43(40)54-51)42-22-13-21-37(52(42)58-47)33-26-28-34(29-27-33)44-32-48(56-53(55-44)36-16-5-2-6-17-36)57-45-24-11-8-18-38(45)39-19-9-12-25-46(39)57/h1-32H. The van der Waals surface area contributed by atoms with E-state index in [0.29, 0.717) is 5.82 Å². The molecule has 0 radical (unpaired) electrons. The number of rotatable bonds is 5. The lowest BCUT2D eigenvalue weighted by Gasteiger charge is -2.12. The zero-order valence-electron chi connectivity index (χ0n) is 31.2. The highest BCUT2D eigenvalue weighted by atomic mass is 16.3. The van der Waals surface area contributed by atoms with Gasteiger partial charge in [-0.15, -0.1) is 0 Å². The molecule has 58 heavy (non-hydrogen) atoms. The van der Waals surface area contributed by atoms with Crippen molar-refractivity contribution in [2.24, 2.45) is 0 Å². The molecule has 0 amide bonds. The van der Waals surface area contributed by atoms with Crippen molar-refractivity contribution in [1.29, 1.82) is 0 Å². The van der Waals surface area contributed by atoms with E-state index >= 15 is 0 Å². The summed E-state index contributed by atoms with van der Waals surface area (Å²) in [7, 11) is 0. The van der Waals surface area contributed by atoms with Crippen LogP contribution in [0.25, 0.3) is 116 Å². The molecule has 0 saturated carbocycles. The van der Waals surface area contributed by atoms with E-state index in [1.54, 1.807) is 0 Å². The van der Waals surface area contributed by atoms with Gasteiger partial charge in [0.05, 0.1) is 27.9 Å². The summed E-state index contributed by atoms with van der Waals surface area (Å²) in [6.07, 6.45) is 0. The lowest BCUT2D eigenvalue weighted by Crippen LogP contribution is -2.02. The van der Waals surface area contributed by atoms with Gasteiger partial charge in [0.15, 0.2) is 5.82 Å². The van der Waals surface area contributed by atoms with E-state index in [4.69, 9.17) is 19.4 Å². The average molecular weight is 741 g/mol. The predicted octanol–water partition coefficient (Wildman–Crippen LogP) is 13.8. The maximum absolute atomic E-state index is 6.80. The Bertz CT molecular complexity index is 3500. The maximum atomic E-state index is 6.80. The second kappa shape index (κ2) is 12.8. The van der Waals surface area contributed by atoms with E-state index in [-0.39, 0.29) is 0 Å². The molecule has 0 bridgehead atoms. The van der Waals surface area contributed by atoms with Gasteiger partial charge >= 0.3 is 0 Å². The summed E-state index contributed by atoms with van der Waals surface area (Å²) in [6, 6.07) is 67.6. The van der Waals surface area contributed by atoms with E-state index in [2.05, 4.69) is 174 Å². The molecule has 0 atom stereocenters. The van der Waals surface area contributed by atoms with Gasteiger partial charge < -0.3 is 4.42 Å². The fraction of sp³-hybridized carbons (Fsp3) is 0. The number of hydrogen-bond donors (Lipinski definition) is 0. The predicted molar refractivity (Wildman–Crippen MR) is 238 cm³/mol. The fourth-order valence-corrected chi connectivity index (χ4v) is 8.78. The van der Waals surface area contributed by atoms with Gasteiger partial charge in [-0.2, -0.15) is 0 Å². The Balaban J connectivity index is 1.02. The van der Waals surface area contributed by atoms with Gasteiger partial charge in [0.25, 0.3) is 0 Å². The van der Waals surface area contributed by atoms with Crippen LogP contribution in [0.3, 0.4) is 0 Å². The molecule has 4 heterocycles. The average Bonchev–Trinajstić information content (AvgIpc) is 3.85. The number of pyridine rings is 1. The number of hydrogen-bond acceptors (Lipinski definition) is 4. The highest BCUT2D eigenvalue weighted by Gasteiger charge is 2.20. The Morgan fingerprint density at radius 3 is 1.76 bits per heavy atom. The zero-order chi connectivity index (χ0) is 38.2. The fourth-order valence-electron chi connectivity index (χ4n) is 8.78. The summed E-state index contributed by atoms with van der Waals surface area (Å²) < 4.78 is 9.06. The summed E-state index contributed by atoms with van der Waals surface area (Å²) in [6.45, 7) is 0. The molecular formula is C53H32N4O. The Morgan fingerprint density at radius 2 is 1.02 bits per heavy atom. The molecule has 0 unspecified atom stereocenters. The SMILES string of the molecule is c1ccc(-c2nc(-c3ccc(-c4cccc5c4oc4ccc6c(-c7ccccc7)nc7ccccc7c6c45)cc3)cc(-n3c4ccccc4c4ccccc43)n2)cc1. The van der Waals surface area contributed by atoms with Crippen LogP contribution in [0.5, 0.6) is 0 Å². The van der Waals surface area contributed by atoms with E-state index < -0.39 is 0 Å². The molecule has 0 fully saturated rings. The first kappa shape index (κ1) is 32.4. The van der Waals surface area contributed by atoms with Crippen LogP contribution in [0.4, 0.5) is 0 Å². The van der Waals surface area contributed by atoms with Crippen molar-refractivity contribution >= 4 is 65.4 Å². The monoisotopic (exact) mass is 740 g/mol. The lowest BCUT2D eigenvalue weighted by molar-refractivity contribution is 0.670. The maximum Gasteiger partial charge on any atom is 0.162 e. The third-order valence-electron chi connectivity index (χ3n) is 11.4. The van der Waals surface area contributed by atoms with Gasteiger partial charge in [-0.3, -0.25) is 4.57 Å². The quantitative estimate of drug-likeness (QED) is 0.165. The largest absolute Gasteiger partial charge is 0.455 e. The minimum absolute atomic E-state index is 0.677. The van der Waals surface area contributed by atoms with Gasteiger partial charge in [0, 0.05) is 66.0 Å². The third kappa shape index (κ3) is 5.00. The first-order chi connectivity index (χ1) is 28.8. The Hall–Kier alpha value is -7.89. The van der Waals surface area contributed by atoms with Crippen molar-refractivity contribution in [2.45, 2.75) is 0 Å². The van der Waals surface area contributed by atoms with Crippen LogP contribution < -0.4 is 0 Å². The van der Waals surface area contributed by atoms with Crippen molar-refractivity contribution in [3.63, 3.8) is 0 Å². The van der Waals surface area contributed by atoms with E-state index in [0.717, 1.165) is 99.7 Å². The molecule has 0 N–H and O–H groups in total. The highest BCUT2D eigenvalue weighted by Crippen LogP contribution is 2.44. The molecule has 5 nitrogen and oxygen atoms in total. The van der Waals surface area contributed by atoms with Gasteiger partial charge in [-0.1, -0.05) is 158 Å². The van der Waals surface area contributed by atoms with E-state index in [1.165, 1.54) is 10.8 Å². The molecular weight excluding hydrogens is 709 g/mol. The van der Waals surface area contributed by atoms with E-state index in [1.807, 2.05) is 24.3 Å². The molecule has 0 aliphatic carbocycles. The van der Waals surface area contributed by atoms with Crippen LogP contribution in [0, 0.1) is 0 Å². The zero-order valence-corrected chi connectivity index (χ0v) is 31.2. The summed E-state index contributed by atoms with van der Waals surface area (Å²) in [5.74, 6) is 1.50. The molecule has 0 aliphatic heterocycles. The first-order valence-corrected chi connectivity index (χ1v) is 19.5. The Morgan fingerprint density at radius 1 is 0.397 bits per heavy atom. The van der Waals surface area contributed by atoms with Crippen LogP contribution in [0.1, 0.15) is 0 Å². The van der Waals surface area contributed by atoms with E-state index in [9.17, 15) is 0 Å². The smallest absolute Gasteiger partial charge is 0.162 e. The molecule has 12 aromatic rings. The number of nitrogens with zero attached hydrogens (tertiary/aromatic N) is 4. The van der Waals surface area contributed by atoms with Gasteiger partial charge in [0.1, 0.15) is 17.0 Å². The summed E-state index contributed by atoms with van der Waals surface area (Å²) in [5, 5.41) is 7.95. The second-order valence-corrected chi connectivity index (χ2v) is 14.7. The summed E-state index contributed by atoms with van der Waals surface area (Å²) >= 11 is 0. The minimum atomic E-state index is 0.677. The molecule has 12 rings (SSSR count). The lowest BCUT2D eigenvalue weighted by atomic mass is 9.95. The Labute approximate surface area is 333 Å². The minimum Gasteiger partial charge on any atom is -0.455 e. The summed E-state index contributed by atoms with van der Waals surface area (Å²) in [5.41, 5.74) is 11.9. The second-order valence-electron chi connectivity index (χ2n) is 14.7. The number of benzene rings is 8. The van der Waals surface area contributed by atoms with Crippen molar-refractivity contribution in [3.05, 3.63) is 194 Å². The van der Waals surface area contributed by atoms with Gasteiger partial charge in [-0.05, 0) is 35.9 Å². The highest BCUT2D eigenvalue weighted by molar-refractivity contribution is 6.29. The molecule has 0 spiro atoms. The first-order valence-electron chi connectivity index (χ1n) is 19.5. The van der Waals surface area contributed by atoms with Crippen LogP contribution in [-0.2, 0) is 0 Å².